The van der Waals surface area contributed by atoms with Gasteiger partial charge in [0.2, 0.25) is 5.91 Å². The lowest BCUT2D eigenvalue weighted by Gasteiger charge is -2.36. The largest absolute Gasteiger partial charge is 0.377 e. The zero-order valence-electron chi connectivity index (χ0n) is 12.0. The standard InChI is InChI=1S/C15H19ClN2O3/c1-2-5-17-15(20)14-10-21-7-6-18(14)12-4-3-11(9-19)13(16)8-12/h3-4,8-9,14H,2,5-7,10H2,1H3,(H,17,20). The van der Waals surface area contributed by atoms with Gasteiger partial charge in [-0.3, -0.25) is 9.59 Å². The van der Waals surface area contributed by atoms with E-state index in [1.165, 1.54) is 0 Å². The third kappa shape index (κ3) is 3.74. The number of hydrogen-bond donors (Lipinski definition) is 1. The zero-order chi connectivity index (χ0) is 15.2. The maximum absolute atomic E-state index is 12.2. The van der Waals surface area contributed by atoms with Gasteiger partial charge in [-0.15, -0.1) is 0 Å². The smallest absolute Gasteiger partial charge is 0.245 e. The molecule has 5 nitrogen and oxygen atoms in total. The normalized spacial score (nSPS) is 18.4. The molecule has 0 spiro atoms. The van der Waals surface area contributed by atoms with E-state index < -0.39 is 0 Å². The molecule has 0 bridgehead atoms. The predicted molar refractivity (Wildman–Crippen MR) is 82.1 cm³/mol. The first-order chi connectivity index (χ1) is 10.2. The SMILES string of the molecule is CCCNC(=O)C1COCCN1c1ccc(C=O)c(Cl)c1. The van der Waals surface area contributed by atoms with Gasteiger partial charge in [0.25, 0.3) is 0 Å². The topological polar surface area (TPSA) is 58.6 Å². The highest BCUT2D eigenvalue weighted by Crippen LogP contribution is 2.25. The first-order valence-electron chi connectivity index (χ1n) is 7.04. The van der Waals surface area contributed by atoms with Gasteiger partial charge in [-0.2, -0.15) is 0 Å². The first-order valence-corrected chi connectivity index (χ1v) is 7.42. The molecule has 1 aromatic carbocycles. The molecule has 1 N–H and O–H groups in total. The summed E-state index contributed by atoms with van der Waals surface area (Å²) in [5.41, 5.74) is 1.27. The van der Waals surface area contributed by atoms with Gasteiger partial charge in [0.15, 0.2) is 6.29 Å². The van der Waals surface area contributed by atoms with Crippen LogP contribution in [0.1, 0.15) is 23.7 Å². The molecule has 0 saturated carbocycles. The lowest BCUT2D eigenvalue weighted by Crippen LogP contribution is -2.54. The highest BCUT2D eigenvalue weighted by atomic mass is 35.5. The molecule has 1 amide bonds. The van der Waals surface area contributed by atoms with E-state index in [0.717, 1.165) is 18.4 Å². The Kier molecular flexibility index (Phi) is 5.59. The van der Waals surface area contributed by atoms with Crippen LogP contribution in [0.2, 0.25) is 5.02 Å². The summed E-state index contributed by atoms with van der Waals surface area (Å²) in [6.45, 7) is 4.18. The summed E-state index contributed by atoms with van der Waals surface area (Å²) in [5.74, 6) is -0.0489. The summed E-state index contributed by atoms with van der Waals surface area (Å²) in [5, 5.41) is 3.28. The number of benzene rings is 1. The number of carbonyl (C=O) groups is 2. The fourth-order valence-electron chi connectivity index (χ4n) is 2.29. The Bertz CT molecular complexity index is 522. The second kappa shape index (κ2) is 7.43. The molecule has 21 heavy (non-hydrogen) atoms. The number of amides is 1. The van der Waals surface area contributed by atoms with Crippen LogP contribution in [0.4, 0.5) is 5.69 Å². The molecular weight excluding hydrogens is 292 g/mol. The van der Waals surface area contributed by atoms with Gasteiger partial charge in [-0.1, -0.05) is 18.5 Å². The fourth-order valence-corrected chi connectivity index (χ4v) is 2.51. The lowest BCUT2D eigenvalue weighted by molar-refractivity contribution is -0.124. The monoisotopic (exact) mass is 310 g/mol. The Morgan fingerprint density at radius 1 is 1.57 bits per heavy atom. The highest BCUT2D eigenvalue weighted by Gasteiger charge is 2.29. The first kappa shape index (κ1) is 15.8. The molecule has 114 valence electrons. The fraction of sp³-hybridized carbons (Fsp3) is 0.467. The van der Waals surface area contributed by atoms with Crippen molar-refractivity contribution in [3.8, 4) is 0 Å². The minimum absolute atomic E-state index is 0.0489. The van der Waals surface area contributed by atoms with E-state index >= 15 is 0 Å². The number of carbonyl (C=O) groups excluding carboxylic acids is 2. The van der Waals surface area contributed by atoms with Crippen molar-refractivity contribution >= 4 is 29.5 Å². The molecule has 0 radical (unpaired) electrons. The molecule has 1 atom stereocenters. The Labute approximate surface area is 129 Å². The van der Waals surface area contributed by atoms with Crippen LogP contribution in [-0.2, 0) is 9.53 Å². The Morgan fingerprint density at radius 2 is 2.38 bits per heavy atom. The summed E-state index contributed by atoms with van der Waals surface area (Å²) >= 11 is 6.07. The molecule has 1 aromatic rings. The van der Waals surface area contributed by atoms with Crippen molar-refractivity contribution in [3.05, 3.63) is 28.8 Å². The number of ether oxygens (including phenoxy) is 1. The van der Waals surface area contributed by atoms with E-state index in [0.29, 0.717) is 36.9 Å². The molecule has 6 heteroatoms. The van der Waals surface area contributed by atoms with Gasteiger partial charge in [-0.25, -0.2) is 0 Å². The Balaban J connectivity index is 2.20. The minimum Gasteiger partial charge on any atom is -0.377 e. The number of morpholine rings is 1. The van der Waals surface area contributed by atoms with Crippen molar-refractivity contribution in [3.63, 3.8) is 0 Å². The van der Waals surface area contributed by atoms with Crippen molar-refractivity contribution in [2.75, 3.05) is 31.2 Å². The van der Waals surface area contributed by atoms with E-state index in [4.69, 9.17) is 16.3 Å². The third-order valence-corrected chi connectivity index (χ3v) is 3.75. The Morgan fingerprint density at radius 3 is 3.05 bits per heavy atom. The summed E-state index contributed by atoms with van der Waals surface area (Å²) in [6, 6.07) is 4.82. The number of aldehydes is 1. The highest BCUT2D eigenvalue weighted by molar-refractivity contribution is 6.33. The number of nitrogens with one attached hydrogen (secondary N) is 1. The molecule has 1 aliphatic rings. The number of nitrogens with zero attached hydrogens (tertiary/aromatic N) is 1. The number of anilines is 1. The average Bonchev–Trinajstić information content (AvgIpc) is 2.52. The number of rotatable bonds is 5. The van der Waals surface area contributed by atoms with Crippen LogP contribution in [0.5, 0.6) is 0 Å². The number of halogens is 1. The molecule has 2 rings (SSSR count). The zero-order valence-corrected chi connectivity index (χ0v) is 12.7. The predicted octanol–water partition coefficient (Wildman–Crippen LogP) is 1.88. The third-order valence-electron chi connectivity index (χ3n) is 3.42. The molecule has 1 unspecified atom stereocenters. The van der Waals surface area contributed by atoms with Crippen molar-refractivity contribution < 1.29 is 14.3 Å². The van der Waals surface area contributed by atoms with Gasteiger partial charge < -0.3 is 15.0 Å². The summed E-state index contributed by atoms with van der Waals surface area (Å²) in [4.78, 5) is 25.0. The van der Waals surface area contributed by atoms with Crippen molar-refractivity contribution in [1.29, 1.82) is 0 Å². The van der Waals surface area contributed by atoms with Crippen molar-refractivity contribution in [2.45, 2.75) is 19.4 Å². The Hall–Kier alpha value is -1.59. The van der Waals surface area contributed by atoms with Crippen LogP contribution in [0.3, 0.4) is 0 Å². The van der Waals surface area contributed by atoms with Crippen LogP contribution in [0.15, 0.2) is 18.2 Å². The average molecular weight is 311 g/mol. The molecular formula is C15H19ClN2O3. The maximum atomic E-state index is 12.2. The van der Waals surface area contributed by atoms with E-state index in [9.17, 15) is 9.59 Å². The lowest BCUT2D eigenvalue weighted by atomic mass is 10.1. The van der Waals surface area contributed by atoms with Crippen LogP contribution < -0.4 is 10.2 Å². The minimum atomic E-state index is -0.372. The van der Waals surface area contributed by atoms with Crippen LogP contribution >= 0.6 is 11.6 Å². The molecule has 0 aromatic heterocycles. The van der Waals surface area contributed by atoms with Gasteiger partial charge >= 0.3 is 0 Å². The molecule has 1 saturated heterocycles. The summed E-state index contributed by atoms with van der Waals surface area (Å²) in [6.07, 6.45) is 1.61. The molecule has 1 aliphatic heterocycles. The van der Waals surface area contributed by atoms with Crippen molar-refractivity contribution in [2.24, 2.45) is 0 Å². The van der Waals surface area contributed by atoms with E-state index in [1.54, 1.807) is 18.2 Å². The van der Waals surface area contributed by atoms with Gasteiger partial charge in [0, 0.05) is 24.3 Å². The van der Waals surface area contributed by atoms with Crippen molar-refractivity contribution in [1.82, 2.24) is 5.32 Å². The molecule has 0 aliphatic carbocycles. The molecule has 1 heterocycles. The van der Waals surface area contributed by atoms with E-state index in [2.05, 4.69) is 5.32 Å². The summed E-state index contributed by atoms with van der Waals surface area (Å²) < 4.78 is 5.42. The number of hydrogen-bond acceptors (Lipinski definition) is 4. The maximum Gasteiger partial charge on any atom is 0.245 e. The quantitative estimate of drug-likeness (QED) is 0.844. The second-order valence-electron chi connectivity index (χ2n) is 4.90. The van der Waals surface area contributed by atoms with Crippen LogP contribution in [0.25, 0.3) is 0 Å². The van der Waals surface area contributed by atoms with Gasteiger partial charge in [-0.05, 0) is 24.6 Å². The van der Waals surface area contributed by atoms with E-state index in [1.807, 2.05) is 11.8 Å². The van der Waals surface area contributed by atoms with E-state index in [-0.39, 0.29) is 11.9 Å². The molecule has 1 fully saturated rings. The summed E-state index contributed by atoms with van der Waals surface area (Å²) in [7, 11) is 0. The van der Waals surface area contributed by atoms with Crippen LogP contribution in [0, 0.1) is 0 Å². The second-order valence-corrected chi connectivity index (χ2v) is 5.31. The van der Waals surface area contributed by atoms with Gasteiger partial charge in [0.05, 0.1) is 18.2 Å². The van der Waals surface area contributed by atoms with Crippen LogP contribution in [-0.4, -0.2) is 44.5 Å². The van der Waals surface area contributed by atoms with Gasteiger partial charge in [0.1, 0.15) is 6.04 Å².